The van der Waals surface area contributed by atoms with Crippen LogP contribution in [0.15, 0.2) is 17.2 Å². The molecule has 3 heterocycles. The number of likely N-dealkylation sites (N-methyl/N-ethyl adjacent to an activating group) is 1. The number of amides is 1. The monoisotopic (exact) mass is 392 g/mol. The molecule has 1 atom stereocenters. The van der Waals surface area contributed by atoms with Gasteiger partial charge in [0, 0.05) is 38.4 Å². The van der Waals surface area contributed by atoms with Gasteiger partial charge in [0.15, 0.2) is 0 Å². The molecule has 0 aliphatic carbocycles. The highest BCUT2D eigenvalue weighted by molar-refractivity contribution is 7.89. The van der Waals surface area contributed by atoms with E-state index in [0.29, 0.717) is 45.1 Å². The first-order valence-corrected chi connectivity index (χ1v) is 9.69. The summed E-state index contributed by atoms with van der Waals surface area (Å²) in [4.78, 5) is 17.3. The summed E-state index contributed by atoms with van der Waals surface area (Å²) in [7, 11) is -1.69. The molecule has 1 aromatic rings. The summed E-state index contributed by atoms with van der Waals surface area (Å²) in [5, 5.41) is 3.19. The molecule has 2 fully saturated rings. The molecule has 2 saturated heterocycles. The largest absolute Gasteiger partial charge is 0.379 e. The molecule has 2 N–H and O–H groups in total. The van der Waals surface area contributed by atoms with Gasteiger partial charge in [-0.15, -0.1) is 12.4 Å². The number of morpholine rings is 1. The molecule has 2 aliphatic rings. The number of sulfonamides is 1. The Morgan fingerprint density at radius 1 is 1.32 bits per heavy atom. The van der Waals surface area contributed by atoms with Crippen molar-refractivity contribution >= 4 is 28.3 Å². The Morgan fingerprint density at radius 2 is 2.04 bits per heavy atom. The van der Waals surface area contributed by atoms with Gasteiger partial charge in [0.1, 0.15) is 10.6 Å². The van der Waals surface area contributed by atoms with Crippen LogP contribution in [-0.2, 0) is 14.8 Å². The van der Waals surface area contributed by atoms with Crippen molar-refractivity contribution in [3.05, 3.63) is 18.0 Å². The maximum Gasteiger partial charge on any atom is 0.270 e. The number of hydrogen-bond acceptors (Lipinski definition) is 5. The minimum atomic E-state index is -3.58. The van der Waals surface area contributed by atoms with Gasteiger partial charge in [0.05, 0.1) is 13.2 Å². The van der Waals surface area contributed by atoms with E-state index in [-0.39, 0.29) is 29.3 Å². The molecule has 10 heteroatoms. The van der Waals surface area contributed by atoms with E-state index in [9.17, 15) is 13.2 Å². The number of hydrogen-bond donors (Lipinski definition) is 2. The van der Waals surface area contributed by atoms with Crippen molar-refractivity contribution in [2.45, 2.75) is 23.8 Å². The van der Waals surface area contributed by atoms with E-state index in [1.165, 1.54) is 16.6 Å². The number of ether oxygens (including phenoxy) is 1. The van der Waals surface area contributed by atoms with Crippen LogP contribution in [0.3, 0.4) is 0 Å². The van der Waals surface area contributed by atoms with E-state index in [2.05, 4.69) is 10.3 Å². The molecular formula is C15H25ClN4O4S. The molecule has 0 spiro atoms. The summed E-state index contributed by atoms with van der Waals surface area (Å²) in [6, 6.07) is 1.73. The average molecular weight is 393 g/mol. The van der Waals surface area contributed by atoms with E-state index in [4.69, 9.17) is 4.74 Å². The Hall–Kier alpha value is -1.13. The van der Waals surface area contributed by atoms with Crippen LogP contribution in [0.5, 0.6) is 0 Å². The molecule has 25 heavy (non-hydrogen) atoms. The number of piperidine rings is 1. The molecule has 0 bridgehead atoms. The minimum Gasteiger partial charge on any atom is -0.379 e. The number of carbonyl (C=O) groups is 1. The second-order valence-electron chi connectivity index (χ2n) is 6.14. The SMILES string of the molecule is CNC1CCCN(C(=O)c2cc(S(=O)(=O)N3CCOCC3)c[nH]2)C1.Cl. The highest BCUT2D eigenvalue weighted by Crippen LogP contribution is 2.20. The topological polar surface area (TPSA) is 94.7 Å². The van der Waals surface area contributed by atoms with Crippen molar-refractivity contribution in [2.24, 2.45) is 0 Å². The van der Waals surface area contributed by atoms with E-state index >= 15 is 0 Å². The van der Waals surface area contributed by atoms with E-state index in [0.717, 1.165) is 12.8 Å². The Balaban J connectivity index is 0.00000225. The normalized spacial score (nSPS) is 22.4. The van der Waals surface area contributed by atoms with Crippen molar-refractivity contribution in [1.82, 2.24) is 19.5 Å². The number of carbonyl (C=O) groups excluding carboxylic acids is 1. The van der Waals surface area contributed by atoms with Crippen LogP contribution in [0.25, 0.3) is 0 Å². The molecule has 0 radical (unpaired) electrons. The second-order valence-corrected chi connectivity index (χ2v) is 8.08. The van der Waals surface area contributed by atoms with Gasteiger partial charge in [-0.2, -0.15) is 4.31 Å². The van der Waals surface area contributed by atoms with Crippen LogP contribution in [0, 0.1) is 0 Å². The Labute approximate surface area is 154 Å². The maximum absolute atomic E-state index is 12.6. The van der Waals surface area contributed by atoms with Gasteiger partial charge in [-0.1, -0.05) is 0 Å². The van der Waals surface area contributed by atoms with Crippen LogP contribution in [0.4, 0.5) is 0 Å². The maximum atomic E-state index is 12.6. The summed E-state index contributed by atoms with van der Waals surface area (Å²) < 4.78 is 31.8. The van der Waals surface area contributed by atoms with Gasteiger partial charge in [0.2, 0.25) is 10.0 Å². The predicted octanol–water partition coefficient (Wildman–Crippen LogP) is 0.281. The molecule has 3 rings (SSSR count). The Kier molecular flexibility index (Phi) is 6.86. The standard InChI is InChI=1S/C15H24N4O4S.ClH/c1-16-12-3-2-4-18(11-12)15(20)14-9-13(10-17-14)24(21,22)19-5-7-23-8-6-19;/h9-10,12,16-17H,2-8,11H2,1H3;1H. The van der Waals surface area contributed by atoms with Crippen molar-refractivity contribution < 1.29 is 17.9 Å². The van der Waals surface area contributed by atoms with Gasteiger partial charge in [-0.3, -0.25) is 4.79 Å². The van der Waals surface area contributed by atoms with Gasteiger partial charge in [-0.05, 0) is 26.0 Å². The number of halogens is 1. The fourth-order valence-corrected chi connectivity index (χ4v) is 4.55. The fourth-order valence-electron chi connectivity index (χ4n) is 3.15. The number of aromatic nitrogens is 1. The number of nitrogens with zero attached hydrogens (tertiary/aromatic N) is 2. The molecular weight excluding hydrogens is 368 g/mol. The first kappa shape index (κ1) is 20.2. The number of H-pyrrole nitrogens is 1. The van der Waals surface area contributed by atoms with E-state index < -0.39 is 10.0 Å². The van der Waals surface area contributed by atoms with Crippen LogP contribution < -0.4 is 5.32 Å². The predicted molar refractivity (Wildman–Crippen MR) is 95.6 cm³/mol. The third-order valence-electron chi connectivity index (χ3n) is 4.61. The zero-order valence-electron chi connectivity index (χ0n) is 14.2. The fraction of sp³-hybridized carbons (Fsp3) is 0.667. The highest BCUT2D eigenvalue weighted by atomic mass is 35.5. The van der Waals surface area contributed by atoms with Gasteiger partial charge in [-0.25, -0.2) is 8.42 Å². The van der Waals surface area contributed by atoms with Crippen LogP contribution in [-0.4, -0.2) is 81.0 Å². The quantitative estimate of drug-likeness (QED) is 0.767. The number of rotatable bonds is 4. The Morgan fingerprint density at radius 3 is 2.72 bits per heavy atom. The third-order valence-corrected chi connectivity index (χ3v) is 6.49. The molecule has 0 aromatic carbocycles. The summed E-state index contributed by atoms with van der Waals surface area (Å²) in [5.41, 5.74) is 0.318. The lowest BCUT2D eigenvalue weighted by Gasteiger charge is -2.32. The van der Waals surface area contributed by atoms with Crippen LogP contribution >= 0.6 is 12.4 Å². The molecule has 142 valence electrons. The van der Waals surface area contributed by atoms with Gasteiger partial charge < -0.3 is 19.9 Å². The van der Waals surface area contributed by atoms with Crippen molar-refractivity contribution in [3.8, 4) is 0 Å². The van der Waals surface area contributed by atoms with E-state index in [1.54, 1.807) is 4.90 Å². The number of likely N-dealkylation sites (tertiary alicyclic amines) is 1. The smallest absolute Gasteiger partial charge is 0.270 e. The molecule has 0 saturated carbocycles. The summed E-state index contributed by atoms with van der Waals surface area (Å²) in [6.07, 6.45) is 3.39. The lowest BCUT2D eigenvalue weighted by molar-refractivity contribution is 0.0692. The van der Waals surface area contributed by atoms with Gasteiger partial charge in [0.25, 0.3) is 5.91 Å². The lowest BCUT2D eigenvalue weighted by atomic mass is 10.1. The molecule has 8 nitrogen and oxygen atoms in total. The van der Waals surface area contributed by atoms with Crippen molar-refractivity contribution in [1.29, 1.82) is 0 Å². The summed E-state index contributed by atoms with van der Waals surface area (Å²) in [5.74, 6) is -0.154. The van der Waals surface area contributed by atoms with Crippen molar-refractivity contribution in [3.63, 3.8) is 0 Å². The second kappa shape index (κ2) is 8.50. The number of aromatic amines is 1. The zero-order chi connectivity index (χ0) is 17.2. The highest BCUT2D eigenvalue weighted by Gasteiger charge is 2.29. The summed E-state index contributed by atoms with van der Waals surface area (Å²) >= 11 is 0. The summed E-state index contributed by atoms with van der Waals surface area (Å²) in [6.45, 7) is 2.81. The third kappa shape index (κ3) is 4.35. The van der Waals surface area contributed by atoms with Crippen molar-refractivity contribution in [2.75, 3.05) is 46.4 Å². The van der Waals surface area contributed by atoms with Crippen LogP contribution in [0.2, 0.25) is 0 Å². The zero-order valence-corrected chi connectivity index (χ0v) is 15.9. The minimum absolute atomic E-state index is 0. The van der Waals surface area contributed by atoms with Crippen LogP contribution in [0.1, 0.15) is 23.3 Å². The average Bonchev–Trinajstić information content (AvgIpc) is 3.13. The molecule has 1 amide bonds. The van der Waals surface area contributed by atoms with E-state index in [1.807, 2.05) is 7.05 Å². The first-order chi connectivity index (χ1) is 11.5. The first-order valence-electron chi connectivity index (χ1n) is 8.25. The molecule has 1 aromatic heterocycles. The molecule has 2 aliphatic heterocycles. The van der Waals surface area contributed by atoms with Gasteiger partial charge >= 0.3 is 0 Å². The number of nitrogens with one attached hydrogen (secondary N) is 2. The lowest BCUT2D eigenvalue weighted by Crippen LogP contribution is -2.47. The Bertz CT molecular complexity index is 687. The molecule has 1 unspecified atom stereocenters.